The van der Waals surface area contributed by atoms with Gasteiger partial charge >= 0.3 is 12.0 Å². The molecule has 3 amide bonds. The van der Waals surface area contributed by atoms with Crippen molar-refractivity contribution in [1.29, 1.82) is 0 Å². The van der Waals surface area contributed by atoms with E-state index < -0.39 is 41.6 Å². The number of anilines is 1. The lowest BCUT2D eigenvalue weighted by molar-refractivity contribution is -0.183. The molecule has 150 valence electrons. The minimum Gasteiger partial charge on any atom is -0.476 e. The minimum absolute atomic E-state index is 0.0753. The molecule has 0 bridgehead atoms. The predicted molar refractivity (Wildman–Crippen MR) is 98.8 cm³/mol. The molecule has 0 aromatic heterocycles. The third kappa shape index (κ3) is 3.40. The van der Waals surface area contributed by atoms with Gasteiger partial charge in [0.15, 0.2) is 11.9 Å². The second-order valence-electron chi connectivity index (χ2n) is 7.52. The minimum atomic E-state index is -1.29. The average Bonchev–Trinajstić information content (AvgIpc) is 2.97. The number of ether oxygens (including phenoxy) is 1. The third-order valence-electron chi connectivity index (χ3n) is 4.84. The van der Waals surface area contributed by atoms with Crippen LogP contribution in [-0.2, 0) is 14.3 Å². The standard InChI is InChI=1S/C19H23N3O6/c1-10(23)12-15(24)22-13(17(25)26)14(28-16(12)22)19(2,3)9-20-18(27)21-11-7-5-4-6-8-11/h4-8,10,12,16,23H,9H2,1-3H3,(H,25,26)(H2,20,21,27)/t10-,12+,16-/m1/s1. The van der Waals surface area contributed by atoms with Gasteiger partial charge < -0.3 is 25.6 Å². The summed E-state index contributed by atoms with van der Waals surface area (Å²) in [5.74, 6) is -2.49. The lowest BCUT2D eigenvalue weighted by atomic mass is 9.88. The van der Waals surface area contributed by atoms with Gasteiger partial charge in [0.05, 0.1) is 6.10 Å². The van der Waals surface area contributed by atoms with Crippen LogP contribution in [0.2, 0.25) is 0 Å². The van der Waals surface area contributed by atoms with Crippen LogP contribution in [-0.4, -0.2) is 51.9 Å². The van der Waals surface area contributed by atoms with E-state index in [0.29, 0.717) is 5.69 Å². The Morgan fingerprint density at radius 1 is 1.29 bits per heavy atom. The SMILES string of the molecule is C[C@@H](O)[C@H]1C(=O)N2C(C(=O)O)=C(C(C)(C)CNC(=O)Nc3ccccc3)O[C@H]12. The van der Waals surface area contributed by atoms with E-state index in [1.54, 1.807) is 38.1 Å². The van der Waals surface area contributed by atoms with E-state index >= 15 is 0 Å². The van der Waals surface area contributed by atoms with Crippen LogP contribution in [0.15, 0.2) is 41.8 Å². The molecule has 2 aliphatic heterocycles. The number of carbonyl (C=O) groups excluding carboxylic acids is 2. The maximum Gasteiger partial charge on any atom is 0.356 e. The van der Waals surface area contributed by atoms with Gasteiger partial charge in [-0.25, -0.2) is 9.59 Å². The number of carboxylic acid groups (broad SMARTS) is 1. The first kappa shape index (κ1) is 19.7. The highest BCUT2D eigenvalue weighted by Gasteiger charge is 2.60. The molecule has 0 saturated carbocycles. The molecule has 0 unspecified atom stereocenters. The van der Waals surface area contributed by atoms with Gasteiger partial charge in [0.25, 0.3) is 0 Å². The molecule has 0 aliphatic carbocycles. The van der Waals surface area contributed by atoms with Crippen LogP contribution < -0.4 is 10.6 Å². The molecule has 1 fully saturated rings. The molecular formula is C19H23N3O6. The van der Waals surface area contributed by atoms with Gasteiger partial charge in [-0.2, -0.15) is 0 Å². The van der Waals surface area contributed by atoms with Crippen molar-refractivity contribution in [2.45, 2.75) is 33.1 Å². The number of carbonyl (C=O) groups is 3. The van der Waals surface area contributed by atoms with Crippen LogP contribution in [0.4, 0.5) is 10.5 Å². The number of para-hydroxylation sites is 1. The Kier molecular flexibility index (Phi) is 5.03. The maximum atomic E-state index is 12.3. The number of hydrogen-bond acceptors (Lipinski definition) is 5. The summed E-state index contributed by atoms with van der Waals surface area (Å²) in [5, 5.41) is 24.7. The lowest BCUT2D eigenvalue weighted by Gasteiger charge is -2.42. The molecule has 0 radical (unpaired) electrons. The van der Waals surface area contributed by atoms with E-state index in [-0.39, 0.29) is 18.0 Å². The van der Waals surface area contributed by atoms with Gasteiger partial charge in [-0.3, -0.25) is 9.69 Å². The van der Waals surface area contributed by atoms with Crippen molar-refractivity contribution in [3.8, 4) is 0 Å². The topological polar surface area (TPSA) is 128 Å². The van der Waals surface area contributed by atoms with Gasteiger partial charge in [-0.1, -0.05) is 32.0 Å². The highest BCUT2D eigenvalue weighted by molar-refractivity contribution is 5.99. The zero-order chi connectivity index (χ0) is 20.6. The summed E-state index contributed by atoms with van der Waals surface area (Å²) >= 11 is 0. The fourth-order valence-electron chi connectivity index (χ4n) is 3.34. The summed E-state index contributed by atoms with van der Waals surface area (Å²) in [5.41, 5.74) is -0.528. The van der Waals surface area contributed by atoms with Gasteiger partial charge in [-0.05, 0) is 19.1 Å². The molecule has 1 saturated heterocycles. The predicted octanol–water partition coefficient (Wildman–Crippen LogP) is 1.33. The molecule has 9 heteroatoms. The quantitative estimate of drug-likeness (QED) is 0.544. The first-order valence-corrected chi connectivity index (χ1v) is 8.89. The van der Waals surface area contributed by atoms with Crippen molar-refractivity contribution in [2.75, 3.05) is 11.9 Å². The highest BCUT2D eigenvalue weighted by atomic mass is 16.5. The van der Waals surface area contributed by atoms with Gasteiger partial charge in [-0.15, -0.1) is 0 Å². The van der Waals surface area contributed by atoms with Crippen LogP contribution in [0.25, 0.3) is 0 Å². The molecule has 2 heterocycles. The molecule has 9 nitrogen and oxygen atoms in total. The van der Waals surface area contributed by atoms with Crippen LogP contribution in [0, 0.1) is 11.3 Å². The second-order valence-corrected chi connectivity index (χ2v) is 7.52. The van der Waals surface area contributed by atoms with Crippen molar-refractivity contribution in [3.63, 3.8) is 0 Å². The normalized spacial score (nSPS) is 22.1. The zero-order valence-corrected chi connectivity index (χ0v) is 15.8. The Morgan fingerprint density at radius 3 is 2.50 bits per heavy atom. The third-order valence-corrected chi connectivity index (χ3v) is 4.84. The summed E-state index contributed by atoms with van der Waals surface area (Å²) in [6, 6.07) is 8.43. The van der Waals surface area contributed by atoms with E-state index in [4.69, 9.17) is 4.74 Å². The number of rotatable bonds is 6. The number of carboxylic acids is 1. The molecule has 3 atom stereocenters. The summed E-state index contributed by atoms with van der Waals surface area (Å²) in [7, 11) is 0. The van der Waals surface area contributed by atoms with Gasteiger partial charge in [0.2, 0.25) is 5.91 Å². The molecular weight excluding hydrogens is 366 g/mol. The van der Waals surface area contributed by atoms with Gasteiger partial charge in [0.1, 0.15) is 11.7 Å². The Bertz CT molecular complexity index is 833. The monoisotopic (exact) mass is 389 g/mol. The molecule has 3 rings (SSSR count). The summed E-state index contributed by atoms with van der Waals surface area (Å²) < 4.78 is 5.77. The molecule has 1 aromatic rings. The molecule has 0 spiro atoms. The van der Waals surface area contributed by atoms with Gasteiger partial charge in [0, 0.05) is 17.6 Å². The van der Waals surface area contributed by atoms with E-state index in [0.717, 1.165) is 4.90 Å². The number of β-lactam (4-membered cyclic amide) rings is 1. The van der Waals surface area contributed by atoms with Crippen LogP contribution in [0.3, 0.4) is 0 Å². The highest BCUT2D eigenvalue weighted by Crippen LogP contribution is 2.46. The summed E-state index contributed by atoms with van der Waals surface area (Å²) in [6.45, 7) is 4.96. The molecule has 4 N–H and O–H groups in total. The Morgan fingerprint density at radius 2 is 1.93 bits per heavy atom. The number of amides is 3. The first-order chi connectivity index (χ1) is 13.1. The van der Waals surface area contributed by atoms with E-state index in [1.165, 1.54) is 6.92 Å². The fraction of sp³-hybridized carbons (Fsp3) is 0.421. The first-order valence-electron chi connectivity index (χ1n) is 8.89. The number of nitrogens with one attached hydrogen (secondary N) is 2. The van der Waals surface area contributed by atoms with Crippen LogP contribution >= 0.6 is 0 Å². The number of hydrogen-bond donors (Lipinski definition) is 4. The van der Waals surface area contributed by atoms with Crippen molar-refractivity contribution in [3.05, 3.63) is 41.8 Å². The smallest absolute Gasteiger partial charge is 0.356 e. The Balaban J connectivity index is 1.72. The molecule has 2 aliphatic rings. The number of urea groups is 1. The molecule has 1 aromatic carbocycles. The van der Waals surface area contributed by atoms with Crippen molar-refractivity contribution in [1.82, 2.24) is 10.2 Å². The fourth-order valence-corrected chi connectivity index (χ4v) is 3.34. The largest absolute Gasteiger partial charge is 0.476 e. The second kappa shape index (κ2) is 7.16. The number of aliphatic hydroxyl groups excluding tert-OH is 1. The Labute approximate surface area is 162 Å². The van der Waals surface area contributed by atoms with Crippen molar-refractivity contribution >= 4 is 23.6 Å². The van der Waals surface area contributed by atoms with Crippen LogP contribution in [0.5, 0.6) is 0 Å². The van der Waals surface area contributed by atoms with Crippen molar-refractivity contribution < 1.29 is 29.3 Å². The number of fused-ring (bicyclic) bond motifs is 1. The van der Waals surface area contributed by atoms with E-state index in [1.807, 2.05) is 6.07 Å². The maximum absolute atomic E-state index is 12.3. The summed E-state index contributed by atoms with van der Waals surface area (Å²) in [4.78, 5) is 37.2. The number of aliphatic hydroxyl groups is 1. The van der Waals surface area contributed by atoms with Crippen molar-refractivity contribution in [2.24, 2.45) is 11.3 Å². The van der Waals surface area contributed by atoms with Crippen LogP contribution in [0.1, 0.15) is 20.8 Å². The summed E-state index contributed by atoms with van der Waals surface area (Å²) in [6.07, 6.45) is -1.80. The van der Waals surface area contributed by atoms with E-state index in [2.05, 4.69) is 10.6 Å². The number of benzene rings is 1. The molecule has 28 heavy (non-hydrogen) atoms. The average molecular weight is 389 g/mol. The zero-order valence-electron chi connectivity index (χ0n) is 15.8. The Hall–Kier alpha value is -3.07. The number of nitrogens with zero attached hydrogens (tertiary/aromatic N) is 1. The number of aliphatic carboxylic acids is 1. The lowest BCUT2D eigenvalue weighted by Crippen LogP contribution is -2.62. The van der Waals surface area contributed by atoms with E-state index in [9.17, 15) is 24.6 Å².